The maximum absolute atomic E-state index is 13.1. The average molecular weight is 393 g/mol. The van der Waals surface area contributed by atoms with Gasteiger partial charge in [-0.15, -0.1) is 0 Å². The highest BCUT2D eigenvalue weighted by atomic mass is 35.5. The van der Waals surface area contributed by atoms with Gasteiger partial charge in [-0.3, -0.25) is 9.69 Å². The van der Waals surface area contributed by atoms with Crippen LogP contribution in [0.15, 0.2) is 48.5 Å². The molecule has 1 unspecified atom stereocenters. The standard InChI is InChI=1S/C20H22ClFN2O3/c21-18-10-16(6-7-19(18)22)27-14-20(25)23-11-17-13-24(8-9-26-17)12-15-4-2-1-3-5-15/h1-7,10,17H,8-9,11-14H2,(H,23,25). The van der Waals surface area contributed by atoms with Crippen LogP contribution in [0.2, 0.25) is 5.02 Å². The van der Waals surface area contributed by atoms with Gasteiger partial charge in [0.2, 0.25) is 0 Å². The van der Waals surface area contributed by atoms with E-state index in [4.69, 9.17) is 21.1 Å². The summed E-state index contributed by atoms with van der Waals surface area (Å²) < 4.78 is 24.2. The number of ether oxygens (including phenoxy) is 2. The molecule has 0 aromatic heterocycles. The third-order valence-electron chi connectivity index (χ3n) is 4.26. The van der Waals surface area contributed by atoms with Gasteiger partial charge in [0, 0.05) is 32.2 Å². The largest absolute Gasteiger partial charge is 0.484 e. The second-order valence-corrected chi connectivity index (χ2v) is 6.79. The zero-order chi connectivity index (χ0) is 19.1. The zero-order valence-corrected chi connectivity index (χ0v) is 15.6. The lowest BCUT2D eigenvalue weighted by molar-refractivity contribution is -0.124. The van der Waals surface area contributed by atoms with Crippen molar-refractivity contribution in [3.05, 3.63) is 64.9 Å². The second-order valence-electron chi connectivity index (χ2n) is 6.38. The van der Waals surface area contributed by atoms with Gasteiger partial charge in [0.25, 0.3) is 5.91 Å². The summed E-state index contributed by atoms with van der Waals surface area (Å²) in [6.45, 7) is 3.37. The summed E-state index contributed by atoms with van der Waals surface area (Å²) in [4.78, 5) is 14.3. The molecule has 1 N–H and O–H groups in total. The number of benzene rings is 2. The Labute approximate surface area is 163 Å². The average Bonchev–Trinajstić information content (AvgIpc) is 2.68. The van der Waals surface area contributed by atoms with E-state index in [9.17, 15) is 9.18 Å². The molecule has 3 rings (SSSR count). The van der Waals surface area contributed by atoms with Crippen LogP contribution in [-0.4, -0.2) is 49.8 Å². The molecule has 1 fully saturated rings. The van der Waals surface area contributed by atoms with E-state index in [0.717, 1.165) is 19.6 Å². The first-order valence-corrected chi connectivity index (χ1v) is 9.20. The Morgan fingerprint density at radius 3 is 2.89 bits per heavy atom. The minimum Gasteiger partial charge on any atom is -0.484 e. The van der Waals surface area contributed by atoms with Gasteiger partial charge < -0.3 is 14.8 Å². The maximum Gasteiger partial charge on any atom is 0.258 e. The van der Waals surface area contributed by atoms with Gasteiger partial charge in [-0.25, -0.2) is 4.39 Å². The fourth-order valence-corrected chi connectivity index (χ4v) is 3.05. The lowest BCUT2D eigenvalue weighted by Crippen LogP contribution is -2.47. The molecule has 1 heterocycles. The van der Waals surface area contributed by atoms with Crippen LogP contribution in [0.3, 0.4) is 0 Å². The van der Waals surface area contributed by atoms with Crippen LogP contribution in [0.4, 0.5) is 4.39 Å². The quantitative estimate of drug-likeness (QED) is 0.787. The van der Waals surface area contributed by atoms with Crippen molar-refractivity contribution >= 4 is 17.5 Å². The van der Waals surface area contributed by atoms with E-state index in [1.165, 1.54) is 23.8 Å². The lowest BCUT2D eigenvalue weighted by atomic mass is 10.2. The summed E-state index contributed by atoms with van der Waals surface area (Å²) in [6.07, 6.45) is -0.0633. The first kappa shape index (κ1) is 19.6. The normalized spacial score (nSPS) is 17.5. The van der Waals surface area contributed by atoms with Gasteiger partial charge >= 0.3 is 0 Å². The van der Waals surface area contributed by atoms with E-state index in [1.807, 2.05) is 18.2 Å². The van der Waals surface area contributed by atoms with Crippen molar-refractivity contribution in [1.29, 1.82) is 0 Å². The molecule has 144 valence electrons. The number of nitrogens with zero attached hydrogens (tertiary/aromatic N) is 1. The van der Waals surface area contributed by atoms with Crippen molar-refractivity contribution in [1.82, 2.24) is 10.2 Å². The zero-order valence-electron chi connectivity index (χ0n) is 14.9. The van der Waals surface area contributed by atoms with Crippen LogP contribution in [0.5, 0.6) is 5.75 Å². The predicted molar refractivity (Wildman–Crippen MR) is 101 cm³/mol. The lowest BCUT2D eigenvalue weighted by Gasteiger charge is -2.33. The maximum atomic E-state index is 13.1. The summed E-state index contributed by atoms with van der Waals surface area (Å²) in [5.74, 6) is -0.443. The molecule has 0 radical (unpaired) electrons. The summed E-state index contributed by atoms with van der Waals surface area (Å²) in [7, 11) is 0. The van der Waals surface area contributed by atoms with Crippen molar-refractivity contribution in [3.8, 4) is 5.75 Å². The summed E-state index contributed by atoms with van der Waals surface area (Å²) in [5, 5.41) is 2.77. The highest BCUT2D eigenvalue weighted by molar-refractivity contribution is 6.30. The van der Waals surface area contributed by atoms with E-state index in [-0.39, 0.29) is 23.6 Å². The Morgan fingerprint density at radius 2 is 2.11 bits per heavy atom. The van der Waals surface area contributed by atoms with Gasteiger partial charge in [0.05, 0.1) is 17.7 Å². The van der Waals surface area contributed by atoms with Gasteiger partial charge in [0.15, 0.2) is 6.61 Å². The molecule has 5 nitrogen and oxygen atoms in total. The molecule has 0 bridgehead atoms. The number of nitrogens with one attached hydrogen (secondary N) is 1. The molecule has 0 saturated carbocycles. The Kier molecular flexibility index (Phi) is 7.04. The topological polar surface area (TPSA) is 50.8 Å². The number of carbonyl (C=O) groups is 1. The molecule has 1 saturated heterocycles. The molecule has 1 amide bonds. The van der Waals surface area contributed by atoms with Crippen LogP contribution in [0, 0.1) is 5.82 Å². The number of morpholine rings is 1. The third kappa shape index (κ3) is 6.20. The van der Waals surface area contributed by atoms with Crippen LogP contribution < -0.4 is 10.1 Å². The molecular weight excluding hydrogens is 371 g/mol. The number of rotatable bonds is 7. The van der Waals surface area contributed by atoms with E-state index in [0.29, 0.717) is 18.9 Å². The summed E-state index contributed by atoms with van der Waals surface area (Å²) >= 11 is 5.69. The van der Waals surface area contributed by atoms with Crippen molar-refractivity contribution in [2.24, 2.45) is 0 Å². The molecule has 7 heteroatoms. The fourth-order valence-electron chi connectivity index (χ4n) is 2.88. The predicted octanol–water partition coefficient (Wildman–Crippen LogP) is 2.88. The fraction of sp³-hybridized carbons (Fsp3) is 0.350. The minimum atomic E-state index is -0.525. The highest BCUT2D eigenvalue weighted by Gasteiger charge is 2.21. The Bertz CT molecular complexity index is 760. The molecule has 0 aliphatic carbocycles. The van der Waals surface area contributed by atoms with Gasteiger partial charge in [-0.05, 0) is 17.7 Å². The highest BCUT2D eigenvalue weighted by Crippen LogP contribution is 2.20. The van der Waals surface area contributed by atoms with E-state index in [2.05, 4.69) is 22.3 Å². The minimum absolute atomic E-state index is 0.0398. The van der Waals surface area contributed by atoms with E-state index in [1.54, 1.807) is 0 Å². The molecular formula is C20H22ClFN2O3. The van der Waals surface area contributed by atoms with Crippen molar-refractivity contribution in [3.63, 3.8) is 0 Å². The molecule has 1 aliphatic rings. The number of hydrogen-bond acceptors (Lipinski definition) is 4. The van der Waals surface area contributed by atoms with Gasteiger partial charge in [-0.1, -0.05) is 41.9 Å². The third-order valence-corrected chi connectivity index (χ3v) is 4.55. The smallest absolute Gasteiger partial charge is 0.258 e. The Balaban J connectivity index is 1.39. The van der Waals surface area contributed by atoms with Crippen LogP contribution in [-0.2, 0) is 16.1 Å². The molecule has 0 spiro atoms. The monoisotopic (exact) mass is 392 g/mol. The SMILES string of the molecule is O=C(COc1ccc(F)c(Cl)c1)NCC1CN(Cc2ccccc2)CCO1. The number of hydrogen-bond donors (Lipinski definition) is 1. The molecule has 1 aliphatic heterocycles. The van der Waals surface area contributed by atoms with Crippen LogP contribution in [0.25, 0.3) is 0 Å². The van der Waals surface area contributed by atoms with Crippen molar-refractivity contribution in [2.45, 2.75) is 12.6 Å². The Morgan fingerprint density at radius 1 is 1.30 bits per heavy atom. The number of halogens is 2. The van der Waals surface area contributed by atoms with Crippen LogP contribution >= 0.6 is 11.6 Å². The van der Waals surface area contributed by atoms with E-state index >= 15 is 0 Å². The van der Waals surface area contributed by atoms with Gasteiger partial charge in [-0.2, -0.15) is 0 Å². The molecule has 1 atom stereocenters. The second kappa shape index (κ2) is 9.69. The molecule has 2 aromatic carbocycles. The first-order valence-electron chi connectivity index (χ1n) is 8.82. The van der Waals surface area contributed by atoms with E-state index < -0.39 is 5.82 Å². The summed E-state index contributed by atoms with van der Waals surface area (Å²) in [5.41, 5.74) is 1.26. The molecule has 2 aromatic rings. The first-order chi connectivity index (χ1) is 13.1. The molecule has 27 heavy (non-hydrogen) atoms. The number of amides is 1. The summed E-state index contributed by atoms with van der Waals surface area (Å²) in [6, 6.07) is 14.2. The van der Waals surface area contributed by atoms with Crippen LogP contribution in [0.1, 0.15) is 5.56 Å². The van der Waals surface area contributed by atoms with Crippen molar-refractivity contribution < 1.29 is 18.7 Å². The van der Waals surface area contributed by atoms with Gasteiger partial charge in [0.1, 0.15) is 11.6 Å². The Hall–Kier alpha value is -2.15. The number of carbonyl (C=O) groups excluding carboxylic acids is 1. The van der Waals surface area contributed by atoms with Crippen molar-refractivity contribution in [2.75, 3.05) is 32.8 Å².